The molecule has 20 heavy (non-hydrogen) atoms. The van der Waals surface area contributed by atoms with Gasteiger partial charge < -0.3 is 0 Å². The molecular formula is C18H20Cl2. The monoisotopic (exact) mass is 306 g/mol. The predicted octanol–water partition coefficient (Wildman–Crippen LogP) is 6.51. The largest absolute Gasteiger partial charge is 0.0837 e. The third-order valence-electron chi connectivity index (χ3n) is 4.01. The molecule has 0 atom stereocenters. The van der Waals surface area contributed by atoms with Crippen molar-refractivity contribution in [1.29, 1.82) is 0 Å². The summed E-state index contributed by atoms with van der Waals surface area (Å²) in [7, 11) is 0. The third kappa shape index (κ3) is 2.36. The lowest BCUT2D eigenvalue weighted by Crippen LogP contribution is -1.98. The number of aryl methyl sites for hydroxylation is 4. The standard InChI is InChI=1S/C18H20Cl2/c1-9-7-11(3)17(19)13(5)15(9)16-10(2)8-12(4)18(20)14(16)6/h7-8H,1-6H3. The Morgan fingerprint density at radius 2 is 0.850 bits per heavy atom. The van der Waals surface area contributed by atoms with Crippen molar-refractivity contribution in [3.05, 3.63) is 55.6 Å². The summed E-state index contributed by atoms with van der Waals surface area (Å²) in [4.78, 5) is 0. The van der Waals surface area contributed by atoms with Crippen LogP contribution in [-0.4, -0.2) is 0 Å². The van der Waals surface area contributed by atoms with E-state index in [1.165, 1.54) is 22.3 Å². The predicted molar refractivity (Wildman–Crippen MR) is 90.3 cm³/mol. The smallest absolute Gasteiger partial charge is 0.0470 e. The highest BCUT2D eigenvalue weighted by atomic mass is 35.5. The maximum Gasteiger partial charge on any atom is 0.0470 e. The van der Waals surface area contributed by atoms with Crippen LogP contribution in [0.2, 0.25) is 10.0 Å². The molecule has 0 radical (unpaired) electrons. The second-order valence-electron chi connectivity index (χ2n) is 5.65. The maximum absolute atomic E-state index is 6.45. The van der Waals surface area contributed by atoms with E-state index >= 15 is 0 Å². The number of benzene rings is 2. The van der Waals surface area contributed by atoms with Crippen LogP contribution in [0, 0.1) is 41.5 Å². The van der Waals surface area contributed by atoms with E-state index in [4.69, 9.17) is 23.2 Å². The summed E-state index contributed by atoms with van der Waals surface area (Å²) in [5, 5.41) is 1.70. The van der Waals surface area contributed by atoms with Crippen LogP contribution in [0.1, 0.15) is 33.4 Å². The van der Waals surface area contributed by atoms with Crippen molar-refractivity contribution in [1.82, 2.24) is 0 Å². The van der Waals surface area contributed by atoms with E-state index in [1.54, 1.807) is 0 Å². The highest BCUT2D eigenvalue weighted by molar-refractivity contribution is 6.33. The van der Waals surface area contributed by atoms with Crippen molar-refractivity contribution >= 4 is 23.2 Å². The summed E-state index contributed by atoms with van der Waals surface area (Å²) in [5.41, 5.74) is 9.45. The van der Waals surface area contributed by atoms with Crippen molar-refractivity contribution < 1.29 is 0 Å². The molecule has 0 nitrogen and oxygen atoms in total. The summed E-state index contributed by atoms with van der Waals surface area (Å²) in [6.07, 6.45) is 0. The lowest BCUT2D eigenvalue weighted by molar-refractivity contribution is 1.27. The van der Waals surface area contributed by atoms with E-state index in [1.807, 2.05) is 13.8 Å². The summed E-state index contributed by atoms with van der Waals surface area (Å²) in [6, 6.07) is 4.30. The first kappa shape index (κ1) is 15.4. The first-order valence-corrected chi connectivity index (χ1v) is 7.54. The normalized spacial score (nSPS) is 11.0. The minimum atomic E-state index is 0.848. The number of hydrogen-bond donors (Lipinski definition) is 0. The van der Waals surface area contributed by atoms with Gasteiger partial charge in [0.05, 0.1) is 0 Å². The van der Waals surface area contributed by atoms with Crippen molar-refractivity contribution in [2.24, 2.45) is 0 Å². The molecule has 0 aromatic heterocycles. The average molecular weight is 307 g/mol. The number of hydrogen-bond acceptors (Lipinski definition) is 0. The zero-order chi connectivity index (χ0) is 15.2. The van der Waals surface area contributed by atoms with E-state index in [9.17, 15) is 0 Å². The van der Waals surface area contributed by atoms with Crippen molar-refractivity contribution in [3.63, 3.8) is 0 Å². The van der Waals surface area contributed by atoms with E-state index in [2.05, 4.69) is 39.8 Å². The molecule has 0 heterocycles. The highest BCUT2D eigenvalue weighted by Crippen LogP contribution is 2.40. The Morgan fingerprint density at radius 1 is 0.550 bits per heavy atom. The van der Waals surface area contributed by atoms with Crippen LogP contribution in [0.4, 0.5) is 0 Å². The lowest BCUT2D eigenvalue weighted by Gasteiger charge is -2.20. The van der Waals surface area contributed by atoms with Gasteiger partial charge >= 0.3 is 0 Å². The van der Waals surface area contributed by atoms with Gasteiger partial charge in [-0.2, -0.15) is 0 Å². The minimum absolute atomic E-state index is 0.848. The average Bonchev–Trinajstić information content (AvgIpc) is 2.37. The maximum atomic E-state index is 6.45. The fourth-order valence-electron chi connectivity index (χ4n) is 3.09. The molecule has 0 aliphatic heterocycles. The molecule has 0 bridgehead atoms. The molecule has 0 saturated heterocycles. The van der Waals surface area contributed by atoms with Crippen molar-refractivity contribution in [2.45, 2.75) is 41.5 Å². The van der Waals surface area contributed by atoms with E-state index < -0.39 is 0 Å². The van der Waals surface area contributed by atoms with Crippen LogP contribution in [0.25, 0.3) is 11.1 Å². The van der Waals surface area contributed by atoms with Gasteiger partial charge in [0.2, 0.25) is 0 Å². The zero-order valence-electron chi connectivity index (χ0n) is 12.9. The number of rotatable bonds is 1. The molecule has 2 aromatic rings. The van der Waals surface area contributed by atoms with Gasteiger partial charge in [-0.15, -0.1) is 0 Å². The quantitative estimate of drug-likeness (QED) is 0.563. The molecule has 2 heteroatoms. The van der Waals surface area contributed by atoms with Gasteiger partial charge in [0, 0.05) is 10.0 Å². The fraction of sp³-hybridized carbons (Fsp3) is 0.333. The molecule has 0 aliphatic rings. The van der Waals surface area contributed by atoms with Crippen LogP contribution in [0.5, 0.6) is 0 Å². The molecule has 0 spiro atoms. The molecule has 2 aromatic carbocycles. The van der Waals surface area contributed by atoms with Crippen LogP contribution >= 0.6 is 23.2 Å². The van der Waals surface area contributed by atoms with Gasteiger partial charge in [-0.05, 0) is 86.1 Å². The van der Waals surface area contributed by atoms with E-state index in [0.29, 0.717) is 0 Å². The number of halogens is 2. The highest BCUT2D eigenvalue weighted by Gasteiger charge is 2.17. The molecule has 0 fully saturated rings. The Bertz CT molecular complexity index is 636. The Kier molecular flexibility index (Phi) is 4.18. The minimum Gasteiger partial charge on any atom is -0.0837 e. The lowest BCUT2D eigenvalue weighted by atomic mass is 9.87. The SMILES string of the molecule is Cc1cc(C)c(-c2c(C)cc(C)c(Cl)c2C)c(C)c1Cl. The van der Waals surface area contributed by atoms with Gasteiger partial charge in [-0.3, -0.25) is 0 Å². The van der Waals surface area contributed by atoms with Crippen LogP contribution in [0.15, 0.2) is 12.1 Å². The molecule has 0 unspecified atom stereocenters. The van der Waals surface area contributed by atoms with E-state index in [-0.39, 0.29) is 0 Å². The second-order valence-corrected chi connectivity index (χ2v) is 6.40. The van der Waals surface area contributed by atoms with Crippen molar-refractivity contribution in [3.8, 4) is 11.1 Å². The summed E-state index contributed by atoms with van der Waals surface area (Å²) < 4.78 is 0. The molecule has 0 saturated carbocycles. The van der Waals surface area contributed by atoms with Crippen LogP contribution < -0.4 is 0 Å². The topological polar surface area (TPSA) is 0 Å². The van der Waals surface area contributed by atoms with Gasteiger partial charge in [0.1, 0.15) is 0 Å². The fourth-order valence-corrected chi connectivity index (χ4v) is 3.39. The third-order valence-corrected chi connectivity index (χ3v) is 5.17. The van der Waals surface area contributed by atoms with Crippen LogP contribution in [0.3, 0.4) is 0 Å². The first-order chi connectivity index (χ1) is 9.25. The molecule has 0 N–H and O–H groups in total. The summed E-state index contributed by atoms with van der Waals surface area (Å²) in [5.74, 6) is 0. The van der Waals surface area contributed by atoms with Crippen molar-refractivity contribution in [2.75, 3.05) is 0 Å². The molecular weight excluding hydrogens is 287 g/mol. The van der Waals surface area contributed by atoms with Gasteiger partial charge in [0.25, 0.3) is 0 Å². The van der Waals surface area contributed by atoms with Crippen LogP contribution in [-0.2, 0) is 0 Å². The molecule has 0 amide bonds. The molecule has 0 aliphatic carbocycles. The second kappa shape index (κ2) is 5.42. The summed E-state index contributed by atoms with van der Waals surface area (Å²) >= 11 is 12.9. The molecule has 106 valence electrons. The Morgan fingerprint density at radius 3 is 1.15 bits per heavy atom. The first-order valence-electron chi connectivity index (χ1n) is 6.78. The van der Waals surface area contributed by atoms with E-state index in [0.717, 1.165) is 32.3 Å². The van der Waals surface area contributed by atoms with Gasteiger partial charge in [-0.25, -0.2) is 0 Å². The Balaban J connectivity index is 2.90. The van der Waals surface area contributed by atoms with Gasteiger partial charge in [-0.1, -0.05) is 35.3 Å². The van der Waals surface area contributed by atoms with Gasteiger partial charge in [0.15, 0.2) is 0 Å². The Hall–Kier alpha value is -0.980. The molecule has 2 rings (SSSR count). The Labute approximate surface area is 131 Å². The summed E-state index contributed by atoms with van der Waals surface area (Å²) in [6.45, 7) is 12.5. The zero-order valence-corrected chi connectivity index (χ0v) is 14.4.